The molecule has 0 amide bonds. The topological polar surface area (TPSA) is 21.1 Å². The molecule has 0 spiro atoms. The highest BCUT2D eigenvalue weighted by molar-refractivity contribution is 6.18. The molecule has 74 valence electrons. The molecule has 1 aromatic rings. The molecule has 0 fully saturated rings. The lowest BCUT2D eigenvalue weighted by Crippen LogP contribution is -2.32. The number of aromatic nitrogens is 2. The Morgan fingerprint density at radius 3 is 2.92 bits per heavy atom. The van der Waals surface area contributed by atoms with E-state index in [1.54, 1.807) is 0 Å². The number of imidazole rings is 1. The Morgan fingerprint density at radius 2 is 2.38 bits per heavy atom. The Bertz CT molecular complexity index is 259. The first kappa shape index (κ1) is 10.4. The van der Waals surface area contributed by atoms with Crippen LogP contribution < -0.4 is 4.90 Å². The van der Waals surface area contributed by atoms with Crippen molar-refractivity contribution >= 4 is 17.5 Å². The van der Waals surface area contributed by atoms with E-state index < -0.39 is 0 Å². The van der Waals surface area contributed by atoms with Gasteiger partial charge in [-0.05, 0) is 13.8 Å². The summed E-state index contributed by atoms with van der Waals surface area (Å²) in [5.41, 5.74) is 0. The van der Waals surface area contributed by atoms with Gasteiger partial charge in [0.05, 0.1) is 0 Å². The quantitative estimate of drug-likeness (QED) is 0.695. The fourth-order valence-corrected chi connectivity index (χ4v) is 1.37. The third kappa shape index (κ3) is 2.15. The van der Waals surface area contributed by atoms with Gasteiger partial charge in [0.1, 0.15) is 0 Å². The van der Waals surface area contributed by atoms with Gasteiger partial charge in [0, 0.05) is 37.9 Å². The van der Waals surface area contributed by atoms with Crippen molar-refractivity contribution in [3.8, 4) is 0 Å². The molecular weight excluding hydrogens is 186 g/mol. The summed E-state index contributed by atoms with van der Waals surface area (Å²) in [6, 6.07) is 0.314. The van der Waals surface area contributed by atoms with Crippen LogP contribution in [0.5, 0.6) is 0 Å². The lowest BCUT2D eigenvalue weighted by molar-refractivity contribution is 0.678. The van der Waals surface area contributed by atoms with Gasteiger partial charge >= 0.3 is 0 Å². The zero-order valence-electron chi connectivity index (χ0n) is 8.37. The lowest BCUT2D eigenvalue weighted by Gasteiger charge is -2.24. The second-order valence-electron chi connectivity index (χ2n) is 3.13. The van der Waals surface area contributed by atoms with E-state index in [9.17, 15) is 0 Å². The van der Waals surface area contributed by atoms with E-state index in [2.05, 4.69) is 28.3 Å². The van der Waals surface area contributed by atoms with Gasteiger partial charge in [-0.1, -0.05) is 0 Å². The molecule has 1 atom stereocenters. The molecule has 0 saturated heterocycles. The molecule has 1 heterocycles. The van der Waals surface area contributed by atoms with Crippen molar-refractivity contribution in [1.29, 1.82) is 0 Å². The Kier molecular flexibility index (Phi) is 3.60. The molecule has 0 aliphatic carbocycles. The average molecular weight is 202 g/mol. The van der Waals surface area contributed by atoms with Crippen molar-refractivity contribution in [2.45, 2.75) is 26.4 Å². The van der Waals surface area contributed by atoms with Gasteiger partial charge in [-0.2, -0.15) is 0 Å². The van der Waals surface area contributed by atoms with Crippen LogP contribution in [0.1, 0.15) is 13.8 Å². The van der Waals surface area contributed by atoms with Gasteiger partial charge in [0.25, 0.3) is 0 Å². The summed E-state index contributed by atoms with van der Waals surface area (Å²) in [5, 5.41) is 0. The molecular formula is C9H16ClN3. The van der Waals surface area contributed by atoms with Crippen LogP contribution in [0.4, 0.5) is 5.95 Å². The fourth-order valence-electron chi connectivity index (χ4n) is 1.16. The molecule has 4 heteroatoms. The van der Waals surface area contributed by atoms with Crippen LogP contribution in [0, 0.1) is 0 Å². The van der Waals surface area contributed by atoms with Gasteiger partial charge in [-0.15, -0.1) is 11.6 Å². The van der Waals surface area contributed by atoms with Crippen molar-refractivity contribution in [3.05, 3.63) is 12.4 Å². The first-order valence-corrected chi connectivity index (χ1v) is 5.04. The Labute approximate surface area is 84.3 Å². The van der Waals surface area contributed by atoms with E-state index >= 15 is 0 Å². The van der Waals surface area contributed by atoms with Gasteiger partial charge in [-0.25, -0.2) is 4.98 Å². The van der Waals surface area contributed by atoms with Crippen LogP contribution in [0.3, 0.4) is 0 Å². The number of nitrogens with zero attached hydrogens (tertiary/aromatic N) is 3. The third-order valence-corrected chi connectivity index (χ3v) is 2.68. The first-order chi connectivity index (χ1) is 6.20. The van der Waals surface area contributed by atoms with Crippen molar-refractivity contribution < 1.29 is 0 Å². The van der Waals surface area contributed by atoms with Crippen molar-refractivity contribution in [3.63, 3.8) is 0 Å². The van der Waals surface area contributed by atoms with Crippen molar-refractivity contribution in [1.82, 2.24) is 9.55 Å². The molecule has 0 bridgehead atoms. The van der Waals surface area contributed by atoms with E-state index in [1.165, 1.54) is 0 Å². The summed E-state index contributed by atoms with van der Waals surface area (Å²) < 4.78 is 2.10. The number of hydrogen-bond donors (Lipinski definition) is 0. The van der Waals surface area contributed by atoms with Gasteiger partial charge < -0.3 is 9.47 Å². The predicted molar refractivity (Wildman–Crippen MR) is 56.5 cm³/mol. The smallest absolute Gasteiger partial charge is 0.205 e. The maximum atomic E-state index is 5.78. The number of aryl methyl sites for hydroxylation is 1. The Morgan fingerprint density at radius 1 is 1.69 bits per heavy atom. The maximum absolute atomic E-state index is 5.78. The highest BCUT2D eigenvalue weighted by Crippen LogP contribution is 2.12. The number of hydrogen-bond acceptors (Lipinski definition) is 2. The Hall–Kier alpha value is -0.700. The average Bonchev–Trinajstić information content (AvgIpc) is 2.62. The van der Waals surface area contributed by atoms with E-state index in [0.717, 1.165) is 12.5 Å². The molecule has 0 saturated carbocycles. The zero-order valence-corrected chi connectivity index (χ0v) is 9.12. The van der Waals surface area contributed by atoms with E-state index in [1.807, 2.05) is 19.4 Å². The number of rotatable bonds is 4. The lowest BCUT2D eigenvalue weighted by atomic mass is 10.3. The summed E-state index contributed by atoms with van der Waals surface area (Å²) in [7, 11) is 2.02. The van der Waals surface area contributed by atoms with E-state index in [4.69, 9.17) is 11.6 Å². The number of alkyl halides is 1. The standard InChI is InChI=1S/C9H16ClN3/c1-4-13-6-5-11-9(13)12(3)8(2)7-10/h5-6,8H,4,7H2,1-3H3. The summed E-state index contributed by atoms with van der Waals surface area (Å²) >= 11 is 5.78. The highest BCUT2D eigenvalue weighted by Gasteiger charge is 2.12. The minimum absolute atomic E-state index is 0.314. The number of anilines is 1. The van der Waals surface area contributed by atoms with E-state index in [-0.39, 0.29) is 0 Å². The van der Waals surface area contributed by atoms with E-state index in [0.29, 0.717) is 11.9 Å². The summed E-state index contributed by atoms with van der Waals surface area (Å²) in [6.07, 6.45) is 3.79. The first-order valence-electron chi connectivity index (χ1n) is 4.50. The highest BCUT2D eigenvalue weighted by atomic mass is 35.5. The SMILES string of the molecule is CCn1ccnc1N(C)C(C)CCl. The maximum Gasteiger partial charge on any atom is 0.205 e. The monoisotopic (exact) mass is 201 g/mol. The molecule has 0 aliphatic heterocycles. The number of halogens is 1. The van der Waals surface area contributed by atoms with Crippen LogP contribution in [0.2, 0.25) is 0 Å². The van der Waals surface area contributed by atoms with Gasteiger partial charge in [0.15, 0.2) is 0 Å². The van der Waals surface area contributed by atoms with Crippen LogP contribution in [-0.2, 0) is 6.54 Å². The largest absolute Gasteiger partial charge is 0.341 e. The molecule has 0 aromatic carbocycles. The molecule has 3 nitrogen and oxygen atoms in total. The minimum Gasteiger partial charge on any atom is -0.341 e. The molecule has 1 unspecified atom stereocenters. The second-order valence-corrected chi connectivity index (χ2v) is 3.44. The van der Waals surface area contributed by atoms with Gasteiger partial charge in [-0.3, -0.25) is 0 Å². The van der Waals surface area contributed by atoms with Crippen molar-refractivity contribution in [2.75, 3.05) is 17.8 Å². The molecule has 1 aromatic heterocycles. The predicted octanol–water partition coefficient (Wildman–Crippen LogP) is 1.97. The van der Waals surface area contributed by atoms with Crippen LogP contribution in [0.15, 0.2) is 12.4 Å². The van der Waals surface area contributed by atoms with Crippen LogP contribution in [-0.4, -0.2) is 28.5 Å². The summed E-state index contributed by atoms with van der Waals surface area (Å²) in [6.45, 7) is 5.13. The minimum atomic E-state index is 0.314. The molecule has 13 heavy (non-hydrogen) atoms. The fraction of sp³-hybridized carbons (Fsp3) is 0.667. The molecule has 1 rings (SSSR count). The molecule has 0 aliphatic rings. The molecule has 0 N–H and O–H groups in total. The summed E-state index contributed by atoms with van der Waals surface area (Å²) in [5.74, 6) is 1.60. The zero-order chi connectivity index (χ0) is 9.84. The molecule has 0 radical (unpaired) electrons. The summed E-state index contributed by atoms with van der Waals surface area (Å²) in [4.78, 5) is 6.38. The Balaban J connectivity index is 2.81. The normalized spacial score (nSPS) is 12.9. The van der Waals surface area contributed by atoms with Crippen LogP contribution >= 0.6 is 11.6 Å². The van der Waals surface area contributed by atoms with Gasteiger partial charge in [0.2, 0.25) is 5.95 Å². The van der Waals surface area contributed by atoms with Crippen LogP contribution in [0.25, 0.3) is 0 Å². The third-order valence-electron chi connectivity index (χ3n) is 2.23. The van der Waals surface area contributed by atoms with Crippen molar-refractivity contribution in [2.24, 2.45) is 0 Å². The second kappa shape index (κ2) is 4.51.